The summed E-state index contributed by atoms with van der Waals surface area (Å²) in [5.74, 6) is -1.39. The van der Waals surface area contributed by atoms with E-state index in [0.717, 1.165) is 0 Å². The number of hydrogen-bond donors (Lipinski definition) is 2. The second-order valence-corrected chi connectivity index (χ2v) is 2.14. The second kappa shape index (κ2) is 6.42. The highest BCUT2D eigenvalue weighted by atomic mass is 16.6. The highest BCUT2D eigenvalue weighted by Gasteiger charge is 2.06. The van der Waals surface area contributed by atoms with Crippen molar-refractivity contribution in [2.45, 2.75) is 6.92 Å². The Morgan fingerprint density at radius 3 is 2.71 bits per heavy atom. The molecule has 0 aliphatic rings. The minimum Gasteiger partial charge on any atom is -0.384 e. The van der Waals surface area contributed by atoms with Crippen molar-refractivity contribution in [1.82, 2.24) is 5.32 Å². The summed E-state index contributed by atoms with van der Waals surface area (Å²) < 4.78 is 0. The van der Waals surface area contributed by atoms with Gasteiger partial charge < -0.3 is 15.9 Å². The largest absolute Gasteiger partial charge is 0.384 e. The Kier molecular flexibility index (Phi) is 5.46. The maximum atomic E-state index is 10.8. The maximum absolute atomic E-state index is 10.8. The van der Waals surface area contributed by atoms with Crippen LogP contribution >= 0.6 is 0 Å². The zero-order valence-corrected chi connectivity index (χ0v) is 7.61. The lowest BCUT2D eigenvalue weighted by molar-refractivity contribution is -0.125. The third-order valence-corrected chi connectivity index (χ3v) is 1.06. The van der Waals surface area contributed by atoms with E-state index in [1.807, 2.05) is 0 Å². The fraction of sp³-hybridized carbons (Fsp3) is 0.429. The van der Waals surface area contributed by atoms with Crippen LogP contribution in [-0.4, -0.2) is 30.7 Å². The van der Waals surface area contributed by atoms with Gasteiger partial charge in [0.25, 0.3) is 11.8 Å². The van der Waals surface area contributed by atoms with Crippen molar-refractivity contribution >= 4 is 17.5 Å². The summed E-state index contributed by atoms with van der Waals surface area (Å²) in [6.45, 7) is 1.85. The molecular formula is C7H10N4O3. The molecule has 0 heterocycles. The molecule has 0 aliphatic heterocycles. The van der Waals surface area contributed by atoms with E-state index in [-0.39, 0.29) is 6.61 Å². The van der Waals surface area contributed by atoms with Crippen LogP contribution in [0, 0.1) is 11.3 Å². The molecule has 0 aliphatic carbocycles. The lowest BCUT2D eigenvalue weighted by Crippen LogP contribution is -2.27. The summed E-state index contributed by atoms with van der Waals surface area (Å²) >= 11 is 0. The van der Waals surface area contributed by atoms with E-state index < -0.39 is 17.5 Å². The Balaban J connectivity index is 3.98. The van der Waals surface area contributed by atoms with Crippen molar-refractivity contribution in [1.29, 1.82) is 5.26 Å². The van der Waals surface area contributed by atoms with Gasteiger partial charge in [0.15, 0.2) is 6.61 Å². The number of amides is 2. The number of likely N-dealkylation sites (N-methyl/N-ethyl adjacent to an activating group) is 1. The zero-order valence-electron chi connectivity index (χ0n) is 7.61. The van der Waals surface area contributed by atoms with E-state index in [0.29, 0.717) is 6.54 Å². The average molecular weight is 198 g/mol. The van der Waals surface area contributed by atoms with Crippen LogP contribution in [0.4, 0.5) is 0 Å². The van der Waals surface area contributed by atoms with Gasteiger partial charge in [0.2, 0.25) is 5.71 Å². The van der Waals surface area contributed by atoms with Crippen molar-refractivity contribution < 1.29 is 14.4 Å². The van der Waals surface area contributed by atoms with Crippen molar-refractivity contribution in [3.8, 4) is 6.07 Å². The predicted octanol–water partition coefficient (Wildman–Crippen LogP) is -1.50. The number of carbonyl (C=O) groups is 2. The molecule has 3 N–H and O–H groups in total. The molecule has 0 rings (SSSR count). The normalized spacial score (nSPS) is 10.1. The molecule has 2 amide bonds. The number of nitrogens with two attached hydrogens (primary N) is 1. The third kappa shape index (κ3) is 4.71. The Morgan fingerprint density at radius 1 is 1.64 bits per heavy atom. The van der Waals surface area contributed by atoms with Crippen LogP contribution in [0.1, 0.15) is 6.92 Å². The summed E-state index contributed by atoms with van der Waals surface area (Å²) in [4.78, 5) is 25.6. The maximum Gasteiger partial charge on any atom is 0.281 e. The van der Waals surface area contributed by atoms with Gasteiger partial charge in [-0.3, -0.25) is 9.59 Å². The molecule has 0 unspecified atom stereocenters. The van der Waals surface area contributed by atoms with Crippen molar-refractivity contribution in [3.63, 3.8) is 0 Å². The molecule has 0 aromatic heterocycles. The number of hydrogen-bond acceptors (Lipinski definition) is 5. The predicted molar refractivity (Wildman–Crippen MR) is 46.9 cm³/mol. The van der Waals surface area contributed by atoms with Crippen molar-refractivity contribution in [3.05, 3.63) is 0 Å². The van der Waals surface area contributed by atoms with E-state index in [4.69, 9.17) is 11.0 Å². The van der Waals surface area contributed by atoms with Crippen LogP contribution in [0.15, 0.2) is 5.16 Å². The van der Waals surface area contributed by atoms with Crippen molar-refractivity contribution in [2.75, 3.05) is 13.2 Å². The van der Waals surface area contributed by atoms with Gasteiger partial charge in [-0.2, -0.15) is 5.26 Å². The molecule has 0 fully saturated rings. The number of carbonyl (C=O) groups excluding carboxylic acids is 2. The van der Waals surface area contributed by atoms with E-state index in [2.05, 4.69) is 15.3 Å². The minimum atomic E-state index is -0.997. The van der Waals surface area contributed by atoms with Crippen LogP contribution < -0.4 is 11.1 Å². The lowest BCUT2D eigenvalue weighted by Gasteiger charge is -1.99. The highest BCUT2D eigenvalue weighted by Crippen LogP contribution is 1.80. The average Bonchev–Trinajstić information content (AvgIpc) is 2.12. The first kappa shape index (κ1) is 11.9. The highest BCUT2D eigenvalue weighted by molar-refractivity contribution is 6.44. The summed E-state index contributed by atoms with van der Waals surface area (Å²) in [6, 6.07) is 1.43. The Labute approximate surface area is 80.5 Å². The smallest absolute Gasteiger partial charge is 0.281 e. The summed E-state index contributed by atoms with van der Waals surface area (Å²) in [5, 5.41) is 13.8. The first-order valence-corrected chi connectivity index (χ1v) is 3.78. The molecule has 0 saturated carbocycles. The Morgan fingerprint density at radius 2 is 2.29 bits per heavy atom. The number of nitrogens with one attached hydrogen (secondary N) is 1. The monoisotopic (exact) mass is 198 g/mol. The molecule has 0 spiro atoms. The molecule has 0 atom stereocenters. The van der Waals surface area contributed by atoms with Gasteiger partial charge in [0, 0.05) is 6.54 Å². The van der Waals surface area contributed by atoms with Crippen molar-refractivity contribution in [2.24, 2.45) is 10.9 Å². The van der Waals surface area contributed by atoms with Gasteiger partial charge in [-0.25, -0.2) is 0 Å². The first-order valence-electron chi connectivity index (χ1n) is 3.78. The van der Waals surface area contributed by atoms with Gasteiger partial charge in [-0.05, 0) is 6.92 Å². The molecule has 7 nitrogen and oxygen atoms in total. The van der Waals surface area contributed by atoms with Gasteiger partial charge in [-0.15, -0.1) is 0 Å². The van der Waals surface area contributed by atoms with E-state index in [1.165, 1.54) is 6.07 Å². The number of oxime groups is 1. The summed E-state index contributed by atoms with van der Waals surface area (Å²) in [5.41, 5.74) is 4.18. The first-order chi connectivity index (χ1) is 6.61. The van der Waals surface area contributed by atoms with Crippen LogP contribution in [0.2, 0.25) is 0 Å². The van der Waals surface area contributed by atoms with Crippen LogP contribution in [0.25, 0.3) is 0 Å². The zero-order chi connectivity index (χ0) is 11.0. The third-order valence-electron chi connectivity index (χ3n) is 1.06. The topological polar surface area (TPSA) is 118 Å². The molecule has 0 radical (unpaired) electrons. The Hall–Kier alpha value is -2.10. The molecule has 7 heteroatoms. The van der Waals surface area contributed by atoms with Crippen LogP contribution in [-0.2, 0) is 14.4 Å². The SMILES string of the molecule is CCNC(=O)CO/N=C(\C#N)C(N)=O. The van der Waals surface area contributed by atoms with Crippen LogP contribution in [0.3, 0.4) is 0 Å². The quantitative estimate of drug-likeness (QED) is 0.413. The molecule has 0 saturated heterocycles. The van der Waals surface area contributed by atoms with Gasteiger partial charge in [-0.1, -0.05) is 5.16 Å². The molecule has 0 aromatic carbocycles. The number of nitriles is 1. The van der Waals surface area contributed by atoms with E-state index >= 15 is 0 Å². The summed E-state index contributed by atoms with van der Waals surface area (Å²) in [6.07, 6.45) is 0. The number of primary amides is 1. The number of rotatable bonds is 5. The second-order valence-electron chi connectivity index (χ2n) is 2.14. The Bertz CT molecular complexity index is 292. The van der Waals surface area contributed by atoms with Crippen LogP contribution in [0.5, 0.6) is 0 Å². The summed E-state index contributed by atoms with van der Waals surface area (Å²) in [7, 11) is 0. The molecule has 14 heavy (non-hydrogen) atoms. The molecule has 0 bridgehead atoms. The molecule has 76 valence electrons. The fourth-order valence-corrected chi connectivity index (χ4v) is 0.524. The standard InChI is InChI=1S/C7H10N4O3/c1-2-10-6(12)4-14-11-5(3-8)7(9)13/h2,4H2,1H3,(H2,9,13)(H,10,12)/b11-5+. The van der Waals surface area contributed by atoms with Gasteiger partial charge in [0.1, 0.15) is 6.07 Å². The van der Waals surface area contributed by atoms with Gasteiger partial charge >= 0.3 is 0 Å². The van der Waals surface area contributed by atoms with E-state index in [1.54, 1.807) is 6.92 Å². The molecular weight excluding hydrogens is 188 g/mol. The van der Waals surface area contributed by atoms with Gasteiger partial charge in [0.05, 0.1) is 0 Å². The minimum absolute atomic E-state index is 0.355. The fourth-order valence-electron chi connectivity index (χ4n) is 0.524. The lowest BCUT2D eigenvalue weighted by atomic mass is 10.4. The molecule has 0 aromatic rings. The number of nitrogens with zero attached hydrogens (tertiary/aromatic N) is 2. The van der Waals surface area contributed by atoms with E-state index in [9.17, 15) is 9.59 Å².